The van der Waals surface area contributed by atoms with Crippen LogP contribution >= 0.6 is 0 Å². The third-order valence-electron chi connectivity index (χ3n) is 2.76. The molecule has 0 radical (unpaired) electrons. The predicted molar refractivity (Wildman–Crippen MR) is 71.4 cm³/mol. The summed E-state index contributed by atoms with van der Waals surface area (Å²) in [6.07, 6.45) is 2.40. The molecule has 96 valence electrons. The van der Waals surface area contributed by atoms with Crippen LogP contribution in [0.2, 0.25) is 0 Å². The largest absolute Gasteiger partial charge is 0.396 e. The molecule has 1 unspecified atom stereocenters. The fourth-order valence-electron chi connectivity index (χ4n) is 1.51. The van der Waals surface area contributed by atoms with Crippen molar-refractivity contribution in [1.29, 1.82) is 0 Å². The number of nitrogens with one attached hydrogen (secondary N) is 1. The zero-order valence-corrected chi connectivity index (χ0v) is 11.5. The van der Waals surface area contributed by atoms with Crippen LogP contribution in [0.1, 0.15) is 25.8 Å². The van der Waals surface area contributed by atoms with Crippen LogP contribution in [0.3, 0.4) is 0 Å². The van der Waals surface area contributed by atoms with Crippen molar-refractivity contribution in [2.75, 3.05) is 12.9 Å². The summed E-state index contributed by atoms with van der Waals surface area (Å²) in [7, 11) is -0.915. The molecule has 0 amide bonds. The molecule has 0 aliphatic heterocycles. The highest BCUT2D eigenvalue weighted by Crippen LogP contribution is 2.11. The maximum atomic E-state index is 11.2. The fraction of sp³-hybridized carbons (Fsp3) is 0.538. The monoisotopic (exact) mass is 255 g/mol. The van der Waals surface area contributed by atoms with Gasteiger partial charge in [-0.2, -0.15) is 0 Å². The lowest BCUT2D eigenvalue weighted by Crippen LogP contribution is -2.39. The molecule has 4 heteroatoms. The summed E-state index contributed by atoms with van der Waals surface area (Å²) in [5.41, 5.74) is 1.09. The molecule has 0 bridgehead atoms. The van der Waals surface area contributed by atoms with Gasteiger partial charge in [0.1, 0.15) is 0 Å². The Labute approximate surface area is 106 Å². The number of rotatable bonds is 6. The molecule has 0 aliphatic rings. The van der Waals surface area contributed by atoms with Crippen LogP contribution in [0.25, 0.3) is 0 Å². The maximum absolute atomic E-state index is 11.2. The molecule has 0 saturated heterocycles. The standard InChI is InChI=1S/C13H21NO2S/c1-13(2,8-9-15)14-10-11-4-6-12(7-5-11)17(3)16/h4-7,14-15H,8-10H2,1-3H3. The van der Waals surface area contributed by atoms with Gasteiger partial charge in [-0.05, 0) is 38.0 Å². The Kier molecular flexibility index (Phi) is 5.31. The van der Waals surface area contributed by atoms with Crippen molar-refractivity contribution >= 4 is 10.8 Å². The first kappa shape index (κ1) is 14.4. The number of hydrogen-bond donors (Lipinski definition) is 2. The molecule has 0 aromatic heterocycles. The third-order valence-corrected chi connectivity index (χ3v) is 3.70. The van der Waals surface area contributed by atoms with Gasteiger partial charge in [-0.3, -0.25) is 4.21 Å². The smallest absolute Gasteiger partial charge is 0.0498 e. The molecule has 3 nitrogen and oxygen atoms in total. The maximum Gasteiger partial charge on any atom is 0.0498 e. The highest BCUT2D eigenvalue weighted by atomic mass is 32.2. The summed E-state index contributed by atoms with van der Waals surface area (Å²) in [5.74, 6) is 0. The van der Waals surface area contributed by atoms with Crippen molar-refractivity contribution in [3.63, 3.8) is 0 Å². The fourth-order valence-corrected chi connectivity index (χ4v) is 2.03. The van der Waals surface area contributed by atoms with Crippen LogP contribution < -0.4 is 5.32 Å². The van der Waals surface area contributed by atoms with Crippen molar-refractivity contribution in [3.8, 4) is 0 Å². The van der Waals surface area contributed by atoms with Crippen LogP contribution in [-0.4, -0.2) is 27.7 Å². The quantitative estimate of drug-likeness (QED) is 0.813. The second-order valence-corrected chi connectivity index (χ2v) is 6.19. The number of aliphatic hydroxyl groups is 1. The van der Waals surface area contributed by atoms with Gasteiger partial charge in [0.15, 0.2) is 0 Å². The molecule has 0 fully saturated rings. The number of hydrogen-bond acceptors (Lipinski definition) is 3. The predicted octanol–water partition coefficient (Wildman–Crippen LogP) is 1.67. The molecule has 1 aromatic carbocycles. The molecule has 0 saturated carbocycles. The first-order valence-electron chi connectivity index (χ1n) is 5.73. The lowest BCUT2D eigenvalue weighted by Gasteiger charge is -2.25. The van der Waals surface area contributed by atoms with E-state index in [1.165, 1.54) is 0 Å². The summed E-state index contributed by atoms with van der Waals surface area (Å²) >= 11 is 0. The zero-order valence-electron chi connectivity index (χ0n) is 10.7. The van der Waals surface area contributed by atoms with E-state index in [2.05, 4.69) is 19.2 Å². The van der Waals surface area contributed by atoms with Gasteiger partial charge in [-0.25, -0.2) is 0 Å². The Morgan fingerprint density at radius 1 is 1.29 bits per heavy atom. The van der Waals surface area contributed by atoms with E-state index >= 15 is 0 Å². The number of aliphatic hydroxyl groups excluding tert-OH is 1. The Morgan fingerprint density at radius 3 is 2.35 bits per heavy atom. The van der Waals surface area contributed by atoms with Crippen molar-refractivity contribution in [3.05, 3.63) is 29.8 Å². The molecule has 2 N–H and O–H groups in total. The lowest BCUT2D eigenvalue weighted by atomic mass is 10.0. The normalized spacial score (nSPS) is 13.6. The van der Waals surface area contributed by atoms with Crippen LogP contribution in [0.15, 0.2) is 29.2 Å². The second-order valence-electron chi connectivity index (χ2n) is 4.81. The summed E-state index contributed by atoms with van der Waals surface area (Å²) in [6.45, 7) is 5.08. The highest BCUT2D eigenvalue weighted by Gasteiger charge is 2.15. The van der Waals surface area contributed by atoms with Gasteiger partial charge in [-0.15, -0.1) is 0 Å². The van der Waals surface area contributed by atoms with Gasteiger partial charge in [0.2, 0.25) is 0 Å². The summed E-state index contributed by atoms with van der Waals surface area (Å²) < 4.78 is 11.2. The summed E-state index contributed by atoms with van der Waals surface area (Å²) in [6, 6.07) is 7.76. The van der Waals surface area contributed by atoms with Crippen molar-refractivity contribution < 1.29 is 9.32 Å². The molecule has 0 aliphatic carbocycles. The minimum atomic E-state index is -0.915. The first-order valence-corrected chi connectivity index (χ1v) is 7.29. The summed E-state index contributed by atoms with van der Waals surface area (Å²) in [5, 5.41) is 12.3. The van der Waals surface area contributed by atoms with Gasteiger partial charge in [0.05, 0.1) is 0 Å². The first-order chi connectivity index (χ1) is 7.94. The van der Waals surface area contributed by atoms with Gasteiger partial charge < -0.3 is 10.4 Å². The number of benzene rings is 1. The van der Waals surface area contributed by atoms with E-state index < -0.39 is 10.8 Å². The van der Waals surface area contributed by atoms with E-state index in [0.717, 1.165) is 23.4 Å². The van der Waals surface area contributed by atoms with E-state index in [0.29, 0.717) is 0 Å². The van der Waals surface area contributed by atoms with Crippen molar-refractivity contribution in [2.24, 2.45) is 0 Å². The Morgan fingerprint density at radius 2 is 1.88 bits per heavy atom. The zero-order chi connectivity index (χ0) is 12.9. The Balaban J connectivity index is 2.55. The molecule has 0 spiro atoms. The molecule has 17 heavy (non-hydrogen) atoms. The molecule has 1 rings (SSSR count). The minimum absolute atomic E-state index is 0.0685. The molecular formula is C13H21NO2S. The van der Waals surface area contributed by atoms with E-state index in [-0.39, 0.29) is 12.1 Å². The summed E-state index contributed by atoms with van der Waals surface area (Å²) in [4.78, 5) is 0.850. The molecule has 1 aromatic rings. The third kappa shape index (κ3) is 4.98. The van der Waals surface area contributed by atoms with Gasteiger partial charge in [0, 0.05) is 40.6 Å². The van der Waals surface area contributed by atoms with Gasteiger partial charge >= 0.3 is 0 Å². The van der Waals surface area contributed by atoms with Crippen LogP contribution in [-0.2, 0) is 17.3 Å². The SMILES string of the molecule is CS(=O)c1ccc(CNC(C)(C)CCO)cc1. The van der Waals surface area contributed by atoms with E-state index in [9.17, 15) is 4.21 Å². The second kappa shape index (κ2) is 6.28. The highest BCUT2D eigenvalue weighted by molar-refractivity contribution is 7.84. The van der Waals surface area contributed by atoms with Crippen molar-refractivity contribution in [2.45, 2.75) is 37.2 Å². The van der Waals surface area contributed by atoms with E-state index in [4.69, 9.17) is 5.11 Å². The van der Waals surface area contributed by atoms with Crippen molar-refractivity contribution in [1.82, 2.24) is 5.32 Å². The van der Waals surface area contributed by atoms with Crippen LogP contribution in [0.5, 0.6) is 0 Å². The minimum Gasteiger partial charge on any atom is -0.396 e. The van der Waals surface area contributed by atoms with Crippen LogP contribution in [0.4, 0.5) is 0 Å². The molecular weight excluding hydrogens is 234 g/mol. The van der Waals surface area contributed by atoms with Gasteiger partial charge in [-0.1, -0.05) is 12.1 Å². The Hall–Kier alpha value is -0.710. The average Bonchev–Trinajstić information content (AvgIpc) is 2.27. The Bertz CT molecular complexity index is 374. The average molecular weight is 255 g/mol. The lowest BCUT2D eigenvalue weighted by molar-refractivity contribution is 0.230. The van der Waals surface area contributed by atoms with E-state index in [1.807, 2.05) is 24.3 Å². The molecule has 1 atom stereocenters. The van der Waals surface area contributed by atoms with Crippen LogP contribution in [0, 0.1) is 0 Å². The topological polar surface area (TPSA) is 49.3 Å². The van der Waals surface area contributed by atoms with E-state index in [1.54, 1.807) is 6.26 Å². The van der Waals surface area contributed by atoms with Gasteiger partial charge in [0.25, 0.3) is 0 Å². The molecule has 0 heterocycles.